The van der Waals surface area contributed by atoms with Gasteiger partial charge in [-0.05, 0) is 62.5 Å². The van der Waals surface area contributed by atoms with Crippen molar-refractivity contribution >= 4 is 11.7 Å². The Morgan fingerprint density at radius 2 is 2.14 bits per heavy atom. The van der Waals surface area contributed by atoms with Gasteiger partial charge in [-0.3, -0.25) is 14.8 Å². The summed E-state index contributed by atoms with van der Waals surface area (Å²) < 4.78 is 0. The molecule has 0 saturated carbocycles. The van der Waals surface area contributed by atoms with Crippen LogP contribution >= 0.6 is 0 Å². The molecule has 0 radical (unpaired) electrons. The van der Waals surface area contributed by atoms with Gasteiger partial charge in [0.05, 0.1) is 0 Å². The maximum atomic E-state index is 12.2. The molecular formula is C16H22N2O3. The fraction of sp³-hybridized carbons (Fsp3) is 0.500. The van der Waals surface area contributed by atoms with E-state index in [-0.39, 0.29) is 5.92 Å². The molecule has 1 unspecified atom stereocenters. The van der Waals surface area contributed by atoms with Crippen LogP contribution in [0.15, 0.2) is 18.2 Å². The van der Waals surface area contributed by atoms with E-state index in [1.165, 1.54) is 0 Å². The number of hydrogen-bond acceptors (Lipinski definition) is 4. The topological polar surface area (TPSA) is 78.4 Å². The van der Waals surface area contributed by atoms with Gasteiger partial charge in [0.15, 0.2) is 0 Å². The molecule has 3 N–H and O–H groups in total. The zero-order valence-corrected chi connectivity index (χ0v) is 12.3. The van der Waals surface area contributed by atoms with Crippen molar-refractivity contribution in [2.75, 3.05) is 13.6 Å². The summed E-state index contributed by atoms with van der Waals surface area (Å²) in [4.78, 5) is 23.6. The number of amides is 1. The average molecular weight is 290 g/mol. The number of nitrogens with one attached hydrogen (secondary N) is 2. The molecule has 0 bridgehead atoms. The van der Waals surface area contributed by atoms with Crippen LogP contribution in [0.3, 0.4) is 0 Å². The first-order chi connectivity index (χ1) is 10.2. The van der Waals surface area contributed by atoms with E-state index in [1.54, 1.807) is 11.5 Å². The summed E-state index contributed by atoms with van der Waals surface area (Å²) in [5, 5.41) is 11.7. The molecule has 2 rings (SSSR count). The summed E-state index contributed by atoms with van der Waals surface area (Å²) in [6.45, 7) is 0.870. The minimum atomic E-state index is -0.497. The highest BCUT2D eigenvalue weighted by molar-refractivity contribution is 5.93. The van der Waals surface area contributed by atoms with Crippen LogP contribution in [0.4, 0.5) is 0 Å². The fourth-order valence-corrected chi connectivity index (χ4v) is 2.88. The summed E-state index contributed by atoms with van der Waals surface area (Å²) in [6.07, 6.45) is 3.93. The van der Waals surface area contributed by atoms with Gasteiger partial charge in [0.25, 0.3) is 5.91 Å². The Morgan fingerprint density at radius 1 is 1.33 bits per heavy atom. The number of rotatable bonds is 6. The molecule has 0 saturated heterocycles. The number of fused-ring (bicyclic) bond motifs is 1. The molecule has 0 fully saturated rings. The molecule has 1 aromatic rings. The second-order valence-corrected chi connectivity index (χ2v) is 5.54. The minimum absolute atomic E-state index is 0.104. The summed E-state index contributed by atoms with van der Waals surface area (Å²) in [5.41, 5.74) is 4.35. The summed E-state index contributed by atoms with van der Waals surface area (Å²) in [6, 6.07) is 5.40. The van der Waals surface area contributed by atoms with Gasteiger partial charge in [-0.1, -0.05) is 6.07 Å². The van der Waals surface area contributed by atoms with Crippen LogP contribution < -0.4 is 10.8 Å². The van der Waals surface area contributed by atoms with Crippen molar-refractivity contribution in [2.45, 2.75) is 32.1 Å². The van der Waals surface area contributed by atoms with E-state index in [4.69, 9.17) is 5.21 Å². The highest BCUT2D eigenvalue weighted by Crippen LogP contribution is 2.28. The summed E-state index contributed by atoms with van der Waals surface area (Å²) in [7, 11) is 1.89. The normalized spacial score (nSPS) is 17.1. The zero-order chi connectivity index (χ0) is 15.2. The van der Waals surface area contributed by atoms with Gasteiger partial charge in [0, 0.05) is 17.9 Å². The number of carbonyl (C=O) groups excluding carboxylic acids is 2. The molecule has 1 aromatic carbocycles. The van der Waals surface area contributed by atoms with Crippen molar-refractivity contribution in [1.29, 1.82) is 0 Å². The van der Waals surface area contributed by atoms with Gasteiger partial charge in [-0.15, -0.1) is 0 Å². The number of benzene rings is 1. The third-order valence-electron chi connectivity index (χ3n) is 4.10. The number of hydroxylamine groups is 1. The number of aryl methyl sites for hydroxylation is 1. The molecule has 5 nitrogen and oxygen atoms in total. The molecule has 1 aliphatic rings. The zero-order valence-electron chi connectivity index (χ0n) is 12.3. The van der Waals surface area contributed by atoms with Crippen molar-refractivity contribution in [3.8, 4) is 0 Å². The van der Waals surface area contributed by atoms with E-state index in [1.807, 2.05) is 19.2 Å². The predicted molar refractivity (Wildman–Crippen MR) is 79.4 cm³/mol. The van der Waals surface area contributed by atoms with Crippen molar-refractivity contribution in [3.63, 3.8) is 0 Å². The van der Waals surface area contributed by atoms with Crippen LogP contribution in [0.25, 0.3) is 0 Å². The Labute approximate surface area is 124 Å². The maximum Gasteiger partial charge on any atom is 0.274 e. The van der Waals surface area contributed by atoms with Crippen molar-refractivity contribution < 1.29 is 14.8 Å². The molecule has 0 heterocycles. The van der Waals surface area contributed by atoms with Crippen molar-refractivity contribution in [3.05, 3.63) is 34.9 Å². The highest BCUT2D eigenvalue weighted by atomic mass is 16.5. The van der Waals surface area contributed by atoms with Gasteiger partial charge in [0.1, 0.15) is 5.78 Å². The van der Waals surface area contributed by atoms with Gasteiger partial charge in [-0.2, -0.15) is 0 Å². The second-order valence-electron chi connectivity index (χ2n) is 5.54. The van der Waals surface area contributed by atoms with E-state index in [2.05, 4.69) is 5.32 Å². The Morgan fingerprint density at radius 3 is 2.86 bits per heavy atom. The quantitative estimate of drug-likeness (QED) is 0.421. The van der Waals surface area contributed by atoms with E-state index < -0.39 is 5.91 Å². The first kappa shape index (κ1) is 15.7. The lowest BCUT2D eigenvalue weighted by molar-refractivity contribution is -0.123. The van der Waals surface area contributed by atoms with Crippen LogP contribution in [0, 0.1) is 5.92 Å². The molecule has 1 atom stereocenters. The van der Waals surface area contributed by atoms with E-state index in [0.29, 0.717) is 17.8 Å². The molecule has 114 valence electrons. The van der Waals surface area contributed by atoms with Gasteiger partial charge in [0.2, 0.25) is 0 Å². The van der Waals surface area contributed by atoms with Crippen LogP contribution in [0.2, 0.25) is 0 Å². The Bertz CT molecular complexity index is 528. The number of ketones is 1. The van der Waals surface area contributed by atoms with Crippen LogP contribution in [0.1, 0.15) is 40.7 Å². The maximum absolute atomic E-state index is 12.2. The number of Topliss-reactive ketones (excluding diaryl/α,β-unsaturated/α-hetero) is 1. The lowest BCUT2D eigenvalue weighted by Gasteiger charge is -2.24. The smallest absolute Gasteiger partial charge is 0.274 e. The molecule has 1 amide bonds. The molecule has 5 heteroatoms. The molecule has 0 aliphatic heterocycles. The van der Waals surface area contributed by atoms with Crippen LogP contribution in [-0.4, -0.2) is 30.5 Å². The second kappa shape index (κ2) is 7.33. The SMILES string of the molecule is CNCCCC(=O)C1CCc2cc(C(=O)NO)ccc2C1. The Hall–Kier alpha value is -1.72. The largest absolute Gasteiger partial charge is 0.320 e. The molecule has 0 aromatic heterocycles. The van der Waals surface area contributed by atoms with Crippen LogP contribution in [0.5, 0.6) is 0 Å². The van der Waals surface area contributed by atoms with E-state index in [0.717, 1.165) is 43.4 Å². The van der Waals surface area contributed by atoms with Gasteiger partial charge in [-0.25, -0.2) is 5.48 Å². The highest BCUT2D eigenvalue weighted by Gasteiger charge is 2.24. The predicted octanol–water partition coefficient (Wildman–Crippen LogP) is 1.48. The Kier molecular flexibility index (Phi) is 5.47. The average Bonchev–Trinajstić information content (AvgIpc) is 2.53. The Balaban J connectivity index is 2.01. The van der Waals surface area contributed by atoms with Crippen molar-refractivity contribution in [2.24, 2.45) is 5.92 Å². The third-order valence-corrected chi connectivity index (χ3v) is 4.10. The van der Waals surface area contributed by atoms with Gasteiger partial charge < -0.3 is 5.32 Å². The number of carbonyl (C=O) groups is 2. The summed E-state index contributed by atoms with van der Waals surface area (Å²) in [5.74, 6) is -0.0528. The lowest BCUT2D eigenvalue weighted by atomic mass is 9.80. The molecule has 0 spiro atoms. The minimum Gasteiger partial charge on any atom is -0.320 e. The monoisotopic (exact) mass is 290 g/mol. The first-order valence-corrected chi connectivity index (χ1v) is 7.39. The summed E-state index contributed by atoms with van der Waals surface area (Å²) >= 11 is 0. The van der Waals surface area contributed by atoms with E-state index in [9.17, 15) is 9.59 Å². The third kappa shape index (κ3) is 3.89. The fourth-order valence-electron chi connectivity index (χ4n) is 2.88. The van der Waals surface area contributed by atoms with Crippen LogP contribution in [-0.2, 0) is 17.6 Å². The standard InChI is InChI=1S/C16H22N2O3/c1-17-8-2-3-15(19)13-6-4-12-10-14(16(20)18-21)7-5-11(12)9-13/h5,7,10,13,17,21H,2-4,6,8-9H2,1H3,(H,18,20). The van der Waals surface area contributed by atoms with Crippen molar-refractivity contribution in [1.82, 2.24) is 10.8 Å². The first-order valence-electron chi connectivity index (χ1n) is 7.39. The molecular weight excluding hydrogens is 268 g/mol. The molecule has 21 heavy (non-hydrogen) atoms. The van der Waals surface area contributed by atoms with Gasteiger partial charge >= 0.3 is 0 Å². The van der Waals surface area contributed by atoms with E-state index >= 15 is 0 Å². The molecule has 1 aliphatic carbocycles. The lowest BCUT2D eigenvalue weighted by Crippen LogP contribution is -2.24. The number of hydrogen-bond donors (Lipinski definition) is 3.